The van der Waals surface area contributed by atoms with Gasteiger partial charge in [-0.15, -0.1) is 0 Å². The SMILES string of the molecule is Cc1cc(C)c(-c2cc(C(=O)Nc3ccc(S(=O)(=O)N4CCCCC4C)cc3)[nH]n2)c(O)c1. The molecule has 0 saturated carbocycles. The Hall–Kier alpha value is -3.17. The van der Waals surface area contributed by atoms with Gasteiger partial charge in [-0.1, -0.05) is 12.5 Å². The maximum absolute atomic E-state index is 13.0. The van der Waals surface area contributed by atoms with Gasteiger partial charge in [-0.2, -0.15) is 9.40 Å². The highest BCUT2D eigenvalue weighted by Crippen LogP contribution is 2.32. The first kappa shape index (κ1) is 23.0. The Labute approximate surface area is 193 Å². The van der Waals surface area contributed by atoms with Crippen LogP contribution in [0.1, 0.15) is 47.8 Å². The summed E-state index contributed by atoms with van der Waals surface area (Å²) in [7, 11) is -3.57. The molecule has 0 bridgehead atoms. The van der Waals surface area contributed by atoms with Gasteiger partial charge in [0.2, 0.25) is 10.0 Å². The lowest BCUT2D eigenvalue weighted by molar-refractivity contribution is 0.102. The number of H-pyrrole nitrogens is 1. The standard InChI is InChI=1S/C24H28N4O4S/c1-15-12-16(2)23(22(29)13-15)20-14-21(27-26-20)24(30)25-18-7-9-19(10-8-18)33(31,32)28-11-5-4-6-17(28)3/h7-10,12-14,17,29H,4-6,11H2,1-3H3,(H,25,30)(H,26,27). The van der Waals surface area contributed by atoms with Gasteiger partial charge in [0.15, 0.2) is 0 Å². The molecule has 1 aliphatic rings. The molecule has 0 radical (unpaired) electrons. The first-order chi connectivity index (χ1) is 15.7. The number of piperidine rings is 1. The molecule has 4 rings (SSSR count). The highest BCUT2D eigenvalue weighted by molar-refractivity contribution is 7.89. The van der Waals surface area contributed by atoms with Crippen LogP contribution in [0.4, 0.5) is 5.69 Å². The van der Waals surface area contributed by atoms with Crippen molar-refractivity contribution in [3.8, 4) is 17.0 Å². The number of anilines is 1. The van der Waals surface area contributed by atoms with Crippen LogP contribution in [-0.2, 0) is 10.0 Å². The molecule has 3 N–H and O–H groups in total. The molecule has 9 heteroatoms. The molecule has 33 heavy (non-hydrogen) atoms. The number of carbonyl (C=O) groups is 1. The van der Waals surface area contributed by atoms with Crippen molar-refractivity contribution in [2.45, 2.75) is 51.0 Å². The van der Waals surface area contributed by atoms with Crippen molar-refractivity contribution >= 4 is 21.6 Å². The molecular weight excluding hydrogens is 440 g/mol. The number of aryl methyl sites for hydroxylation is 2. The van der Waals surface area contributed by atoms with Gasteiger partial charge < -0.3 is 10.4 Å². The van der Waals surface area contributed by atoms with E-state index in [0.717, 1.165) is 30.4 Å². The number of rotatable bonds is 5. The number of carbonyl (C=O) groups excluding carboxylic acids is 1. The average molecular weight is 469 g/mol. The molecule has 8 nitrogen and oxygen atoms in total. The lowest BCUT2D eigenvalue weighted by atomic mass is 10.0. The zero-order valence-electron chi connectivity index (χ0n) is 18.9. The minimum atomic E-state index is -3.57. The van der Waals surface area contributed by atoms with Crippen molar-refractivity contribution in [2.75, 3.05) is 11.9 Å². The Bertz CT molecular complexity index is 1260. The summed E-state index contributed by atoms with van der Waals surface area (Å²) in [5.74, 6) is -0.316. The molecule has 2 aromatic carbocycles. The predicted molar refractivity (Wildman–Crippen MR) is 127 cm³/mol. The number of sulfonamides is 1. The maximum Gasteiger partial charge on any atom is 0.273 e. The second-order valence-electron chi connectivity index (χ2n) is 8.58. The topological polar surface area (TPSA) is 115 Å². The first-order valence-electron chi connectivity index (χ1n) is 11.0. The van der Waals surface area contributed by atoms with E-state index in [9.17, 15) is 18.3 Å². The van der Waals surface area contributed by atoms with Crippen molar-refractivity contribution in [3.63, 3.8) is 0 Å². The highest BCUT2D eigenvalue weighted by Gasteiger charge is 2.30. The summed E-state index contributed by atoms with van der Waals surface area (Å²) in [6, 6.07) is 11.3. The van der Waals surface area contributed by atoms with Crippen molar-refractivity contribution in [1.29, 1.82) is 0 Å². The Morgan fingerprint density at radius 1 is 1.15 bits per heavy atom. The fraction of sp³-hybridized carbons (Fsp3) is 0.333. The van der Waals surface area contributed by atoms with E-state index in [4.69, 9.17) is 0 Å². The van der Waals surface area contributed by atoms with Crippen LogP contribution >= 0.6 is 0 Å². The van der Waals surface area contributed by atoms with Gasteiger partial charge in [-0.05, 0) is 81.1 Å². The van der Waals surface area contributed by atoms with Gasteiger partial charge in [-0.25, -0.2) is 8.42 Å². The summed E-state index contributed by atoms with van der Waals surface area (Å²) in [4.78, 5) is 12.9. The molecule has 1 amide bonds. The number of nitrogens with zero attached hydrogens (tertiary/aromatic N) is 2. The number of nitrogens with one attached hydrogen (secondary N) is 2. The summed E-state index contributed by atoms with van der Waals surface area (Å²) in [5, 5.41) is 19.9. The van der Waals surface area contributed by atoms with Crippen LogP contribution in [0, 0.1) is 13.8 Å². The van der Waals surface area contributed by atoms with Crippen molar-refractivity contribution < 1.29 is 18.3 Å². The minimum Gasteiger partial charge on any atom is -0.507 e. The van der Waals surface area contributed by atoms with Gasteiger partial charge in [0.05, 0.1) is 10.6 Å². The molecule has 174 valence electrons. The summed E-state index contributed by atoms with van der Waals surface area (Å²) in [6.45, 7) is 6.22. The monoisotopic (exact) mass is 468 g/mol. The molecule has 2 heterocycles. The van der Waals surface area contributed by atoms with Gasteiger partial charge in [-0.3, -0.25) is 9.89 Å². The predicted octanol–water partition coefficient (Wildman–Crippen LogP) is 4.21. The Morgan fingerprint density at radius 3 is 2.55 bits per heavy atom. The molecule has 0 spiro atoms. The molecule has 0 aliphatic carbocycles. The summed E-state index contributed by atoms with van der Waals surface area (Å²) in [5.41, 5.74) is 3.51. The average Bonchev–Trinajstić information content (AvgIpc) is 3.23. The fourth-order valence-electron chi connectivity index (χ4n) is 4.32. The normalized spacial score (nSPS) is 17.1. The van der Waals surface area contributed by atoms with Crippen LogP contribution in [0.15, 0.2) is 47.4 Å². The number of aromatic nitrogens is 2. The van der Waals surface area contributed by atoms with Crippen LogP contribution in [-0.4, -0.2) is 46.5 Å². The molecular formula is C24H28N4O4S. The van der Waals surface area contributed by atoms with Crippen LogP contribution in [0.5, 0.6) is 5.75 Å². The van der Waals surface area contributed by atoms with E-state index in [1.165, 1.54) is 12.1 Å². The molecule has 1 atom stereocenters. The summed E-state index contributed by atoms with van der Waals surface area (Å²) < 4.78 is 27.5. The smallest absolute Gasteiger partial charge is 0.273 e. The quantitative estimate of drug-likeness (QED) is 0.519. The number of amides is 1. The lowest BCUT2D eigenvalue weighted by Crippen LogP contribution is -2.41. The van der Waals surface area contributed by atoms with E-state index in [0.29, 0.717) is 23.5 Å². The van der Waals surface area contributed by atoms with Crippen LogP contribution in [0.25, 0.3) is 11.3 Å². The lowest BCUT2D eigenvalue weighted by Gasteiger charge is -2.32. The van der Waals surface area contributed by atoms with Crippen LogP contribution < -0.4 is 5.32 Å². The molecule has 1 aliphatic heterocycles. The van der Waals surface area contributed by atoms with Gasteiger partial charge in [0, 0.05) is 23.8 Å². The number of hydrogen-bond donors (Lipinski definition) is 3. The number of phenols is 1. The summed E-state index contributed by atoms with van der Waals surface area (Å²) in [6.07, 6.45) is 2.76. The molecule has 1 unspecified atom stereocenters. The van der Waals surface area contributed by atoms with Crippen molar-refractivity contribution in [2.24, 2.45) is 0 Å². The molecule has 1 fully saturated rings. The first-order valence-corrected chi connectivity index (χ1v) is 12.4. The maximum atomic E-state index is 13.0. The number of phenolic OH excluding ortho intramolecular Hbond substituents is 1. The minimum absolute atomic E-state index is 0.0192. The number of aromatic hydroxyl groups is 1. The third kappa shape index (κ3) is 4.65. The number of hydrogen-bond acceptors (Lipinski definition) is 5. The van der Waals surface area contributed by atoms with E-state index in [1.54, 1.807) is 28.6 Å². The molecule has 1 aromatic heterocycles. The zero-order valence-corrected chi connectivity index (χ0v) is 19.7. The van der Waals surface area contributed by atoms with Crippen LogP contribution in [0.2, 0.25) is 0 Å². The Balaban J connectivity index is 1.49. The van der Waals surface area contributed by atoms with Gasteiger partial charge in [0.25, 0.3) is 5.91 Å². The Kier molecular flexibility index (Phi) is 6.27. The Morgan fingerprint density at radius 2 is 1.88 bits per heavy atom. The molecule has 3 aromatic rings. The second kappa shape index (κ2) is 8.99. The zero-order chi connectivity index (χ0) is 23.8. The van der Waals surface area contributed by atoms with E-state index < -0.39 is 15.9 Å². The van der Waals surface area contributed by atoms with Gasteiger partial charge in [0.1, 0.15) is 11.4 Å². The van der Waals surface area contributed by atoms with E-state index in [2.05, 4.69) is 15.5 Å². The second-order valence-corrected chi connectivity index (χ2v) is 10.5. The van der Waals surface area contributed by atoms with E-state index in [-0.39, 0.29) is 22.4 Å². The molecule has 1 saturated heterocycles. The number of benzene rings is 2. The fourth-order valence-corrected chi connectivity index (χ4v) is 6.02. The van der Waals surface area contributed by atoms with Crippen molar-refractivity contribution in [1.82, 2.24) is 14.5 Å². The third-order valence-electron chi connectivity index (χ3n) is 6.00. The van der Waals surface area contributed by atoms with Crippen molar-refractivity contribution in [3.05, 3.63) is 59.3 Å². The largest absolute Gasteiger partial charge is 0.507 e. The highest BCUT2D eigenvalue weighted by atomic mass is 32.2. The van der Waals surface area contributed by atoms with E-state index >= 15 is 0 Å². The van der Waals surface area contributed by atoms with E-state index in [1.807, 2.05) is 26.8 Å². The third-order valence-corrected chi connectivity index (χ3v) is 8.03. The number of aromatic amines is 1. The van der Waals surface area contributed by atoms with Gasteiger partial charge >= 0.3 is 0 Å². The summed E-state index contributed by atoms with van der Waals surface area (Å²) >= 11 is 0. The van der Waals surface area contributed by atoms with Crippen LogP contribution in [0.3, 0.4) is 0 Å².